The van der Waals surface area contributed by atoms with Gasteiger partial charge in [-0.3, -0.25) is 0 Å². The predicted molar refractivity (Wildman–Crippen MR) is 83.9 cm³/mol. The van der Waals surface area contributed by atoms with Crippen molar-refractivity contribution < 1.29 is 0 Å². The van der Waals surface area contributed by atoms with E-state index in [0.29, 0.717) is 0 Å². The average molecular weight is 258 g/mol. The standard InChI is InChI=1S/C17H26N2/c1-17(2,3)14-8-9-16-15(11-14)13(12-19(16)5)7-6-10-18-4/h8-9,11-12,18H,6-7,10H2,1-5H3. The van der Waals surface area contributed by atoms with Crippen LogP contribution in [0.5, 0.6) is 0 Å². The van der Waals surface area contributed by atoms with E-state index in [1.807, 2.05) is 7.05 Å². The molecule has 0 radical (unpaired) electrons. The molecule has 0 bridgehead atoms. The summed E-state index contributed by atoms with van der Waals surface area (Å²) in [7, 11) is 4.15. The van der Waals surface area contributed by atoms with Crippen molar-refractivity contribution in [2.75, 3.05) is 13.6 Å². The van der Waals surface area contributed by atoms with Gasteiger partial charge in [0.25, 0.3) is 0 Å². The monoisotopic (exact) mass is 258 g/mol. The molecule has 0 atom stereocenters. The van der Waals surface area contributed by atoms with Crippen LogP contribution in [0, 0.1) is 0 Å². The van der Waals surface area contributed by atoms with Gasteiger partial charge in [0.1, 0.15) is 0 Å². The molecule has 0 aliphatic carbocycles. The first kappa shape index (κ1) is 14.1. The van der Waals surface area contributed by atoms with Gasteiger partial charge < -0.3 is 9.88 Å². The van der Waals surface area contributed by atoms with Crippen LogP contribution in [0.25, 0.3) is 10.9 Å². The first-order valence-corrected chi connectivity index (χ1v) is 7.16. The molecule has 0 aliphatic rings. The van der Waals surface area contributed by atoms with Crippen LogP contribution >= 0.6 is 0 Å². The van der Waals surface area contributed by atoms with Gasteiger partial charge in [0, 0.05) is 24.1 Å². The van der Waals surface area contributed by atoms with Crippen molar-refractivity contribution in [3.63, 3.8) is 0 Å². The van der Waals surface area contributed by atoms with Gasteiger partial charge in [-0.1, -0.05) is 26.8 Å². The topological polar surface area (TPSA) is 17.0 Å². The second-order valence-corrected chi connectivity index (χ2v) is 6.45. The Kier molecular flexibility index (Phi) is 4.00. The molecule has 0 unspecified atom stereocenters. The van der Waals surface area contributed by atoms with Crippen molar-refractivity contribution in [3.05, 3.63) is 35.5 Å². The van der Waals surface area contributed by atoms with Gasteiger partial charge in [0.05, 0.1) is 0 Å². The molecule has 0 aliphatic heterocycles. The lowest BCUT2D eigenvalue weighted by atomic mass is 9.86. The highest BCUT2D eigenvalue weighted by Crippen LogP contribution is 2.29. The van der Waals surface area contributed by atoms with E-state index < -0.39 is 0 Å². The highest BCUT2D eigenvalue weighted by molar-refractivity contribution is 5.85. The van der Waals surface area contributed by atoms with Crippen LogP contribution in [0.4, 0.5) is 0 Å². The molecule has 2 rings (SSSR count). The fourth-order valence-electron chi connectivity index (χ4n) is 2.59. The van der Waals surface area contributed by atoms with E-state index in [1.165, 1.54) is 28.5 Å². The molecule has 0 saturated carbocycles. The Bertz CT molecular complexity index is 558. The molecule has 104 valence electrons. The van der Waals surface area contributed by atoms with Gasteiger partial charge >= 0.3 is 0 Å². The fourth-order valence-corrected chi connectivity index (χ4v) is 2.59. The number of fused-ring (bicyclic) bond motifs is 1. The largest absolute Gasteiger partial charge is 0.350 e. The molecule has 1 aromatic carbocycles. The second kappa shape index (κ2) is 5.38. The number of aryl methyl sites for hydroxylation is 2. The third-order valence-corrected chi connectivity index (χ3v) is 3.81. The van der Waals surface area contributed by atoms with E-state index in [-0.39, 0.29) is 5.41 Å². The molecule has 1 aromatic heterocycles. The molecule has 0 saturated heterocycles. The Morgan fingerprint density at radius 1 is 1.21 bits per heavy atom. The fraction of sp³-hybridized carbons (Fsp3) is 0.529. The average Bonchev–Trinajstić information content (AvgIpc) is 2.65. The van der Waals surface area contributed by atoms with Crippen LogP contribution < -0.4 is 5.32 Å². The van der Waals surface area contributed by atoms with Gasteiger partial charge in [-0.2, -0.15) is 0 Å². The molecule has 19 heavy (non-hydrogen) atoms. The number of hydrogen-bond acceptors (Lipinski definition) is 1. The van der Waals surface area contributed by atoms with Crippen molar-refractivity contribution in [2.45, 2.75) is 39.0 Å². The minimum atomic E-state index is 0.215. The van der Waals surface area contributed by atoms with Crippen molar-refractivity contribution in [1.29, 1.82) is 0 Å². The quantitative estimate of drug-likeness (QED) is 0.829. The molecule has 0 spiro atoms. The van der Waals surface area contributed by atoms with E-state index in [9.17, 15) is 0 Å². The highest BCUT2D eigenvalue weighted by atomic mass is 14.9. The SMILES string of the molecule is CNCCCc1cn(C)c2ccc(C(C)(C)C)cc12. The Morgan fingerprint density at radius 3 is 2.58 bits per heavy atom. The maximum absolute atomic E-state index is 3.22. The highest BCUT2D eigenvalue weighted by Gasteiger charge is 2.15. The van der Waals surface area contributed by atoms with Crippen LogP contribution in [0.15, 0.2) is 24.4 Å². The normalized spacial score (nSPS) is 12.3. The van der Waals surface area contributed by atoms with E-state index in [2.05, 4.69) is 62.1 Å². The lowest BCUT2D eigenvalue weighted by Crippen LogP contribution is -2.10. The Morgan fingerprint density at radius 2 is 1.95 bits per heavy atom. The number of aromatic nitrogens is 1. The van der Waals surface area contributed by atoms with E-state index in [4.69, 9.17) is 0 Å². The summed E-state index contributed by atoms with van der Waals surface area (Å²) in [6.45, 7) is 7.91. The van der Waals surface area contributed by atoms with Gasteiger partial charge in [-0.05, 0) is 55.1 Å². The summed E-state index contributed by atoms with van der Waals surface area (Å²) in [5, 5.41) is 4.64. The van der Waals surface area contributed by atoms with E-state index >= 15 is 0 Å². The van der Waals surface area contributed by atoms with Crippen LogP contribution in [0.3, 0.4) is 0 Å². The first-order valence-electron chi connectivity index (χ1n) is 7.16. The molecule has 2 aromatic rings. The van der Waals surface area contributed by atoms with Gasteiger partial charge in [-0.25, -0.2) is 0 Å². The summed E-state index contributed by atoms with van der Waals surface area (Å²) in [5.41, 5.74) is 4.44. The molecular formula is C17H26N2. The van der Waals surface area contributed by atoms with Gasteiger partial charge in [-0.15, -0.1) is 0 Å². The number of rotatable bonds is 4. The predicted octanol–water partition coefficient (Wildman–Crippen LogP) is 3.63. The molecular weight excluding hydrogens is 232 g/mol. The van der Waals surface area contributed by atoms with Gasteiger partial charge in [0.15, 0.2) is 0 Å². The van der Waals surface area contributed by atoms with E-state index in [0.717, 1.165) is 13.0 Å². The zero-order valence-corrected chi connectivity index (χ0v) is 12.9. The first-order chi connectivity index (χ1) is 8.93. The summed E-state index contributed by atoms with van der Waals surface area (Å²) in [6, 6.07) is 6.90. The maximum Gasteiger partial charge on any atom is 0.0480 e. The van der Waals surface area contributed by atoms with Crippen LogP contribution in [-0.2, 0) is 18.9 Å². The van der Waals surface area contributed by atoms with Crippen LogP contribution in [0.2, 0.25) is 0 Å². The van der Waals surface area contributed by atoms with Crippen molar-refractivity contribution in [3.8, 4) is 0 Å². The summed E-state index contributed by atoms with van der Waals surface area (Å²) < 4.78 is 2.25. The summed E-state index contributed by atoms with van der Waals surface area (Å²) in [5.74, 6) is 0. The van der Waals surface area contributed by atoms with Crippen molar-refractivity contribution >= 4 is 10.9 Å². The minimum Gasteiger partial charge on any atom is -0.350 e. The van der Waals surface area contributed by atoms with E-state index in [1.54, 1.807) is 0 Å². The van der Waals surface area contributed by atoms with Crippen LogP contribution in [0.1, 0.15) is 38.3 Å². The molecule has 2 heteroatoms. The molecule has 2 nitrogen and oxygen atoms in total. The summed E-state index contributed by atoms with van der Waals surface area (Å²) in [4.78, 5) is 0. The second-order valence-electron chi connectivity index (χ2n) is 6.45. The zero-order valence-electron chi connectivity index (χ0n) is 12.9. The molecule has 0 amide bonds. The minimum absolute atomic E-state index is 0.215. The smallest absolute Gasteiger partial charge is 0.0480 e. The molecule has 0 fully saturated rings. The number of hydrogen-bond donors (Lipinski definition) is 1. The maximum atomic E-state index is 3.22. The third kappa shape index (κ3) is 3.01. The number of nitrogens with zero attached hydrogens (tertiary/aromatic N) is 1. The van der Waals surface area contributed by atoms with Crippen molar-refractivity contribution in [1.82, 2.24) is 9.88 Å². The lowest BCUT2D eigenvalue weighted by Gasteiger charge is -2.19. The Labute approximate surface area is 116 Å². The summed E-state index contributed by atoms with van der Waals surface area (Å²) >= 11 is 0. The Balaban J connectivity index is 2.41. The molecule has 1 heterocycles. The van der Waals surface area contributed by atoms with Crippen LogP contribution in [-0.4, -0.2) is 18.2 Å². The van der Waals surface area contributed by atoms with Crippen molar-refractivity contribution in [2.24, 2.45) is 7.05 Å². The van der Waals surface area contributed by atoms with Gasteiger partial charge in [0.2, 0.25) is 0 Å². The summed E-state index contributed by atoms with van der Waals surface area (Å²) in [6.07, 6.45) is 4.62. The Hall–Kier alpha value is -1.28. The third-order valence-electron chi connectivity index (χ3n) is 3.81. The number of nitrogens with one attached hydrogen (secondary N) is 1. The number of benzene rings is 1. The lowest BCUT2D eigenvalue weighted by molar-refractivity contribution is 0.591. The molecule has 1 N–H and O–H groups in total. The zero-order chi connectivity index (χ0) is 14.0.